The second-order valence-electron chi connectivity index (χ2n) is 5.66. The first-order valence-electron chi connectivity index (χ1n) is 7.41. The zero-order valence-electron chi connectivity index (χ0n) is 13.3. The fraction of sp³-hybridized carbons (Fsp3) is 0.167. The second kappa shape index (κ2) is 6.57. The number of carboxylic acid groups (broad SMARTS) is 1. The van der Waals surface area contributed by atoms with Gasteiger partial charge in [0.25, 0.3) is 0 Å². The molecule has 4 nitrogen and oxygen atoms in total. The predicted molar refractivity (Wildman–Crippen MR) is 88.8 cm³/mol. The van der Waals surface area contributed by atoms with Gasteiger partial charge in [0.2, 0.25) is 6.10 Å². The van der Waals surface area contributed by atoms with Crippen molar-refractivity contribution < 1.29 is 32.5 Å². The Labute approximate surface area is 151 Å². The molecule has 2 aromatic rings. The first kappa shape index (κ1) is 18.1. The molecule has 1 aliphatic rings. The van der Waals surface area contributed by atoms with Crippen molar-refractivity contribution in [3.05, 3.63) is 58.1 Å². The van der Waals surface area contributed by atoms with Crippen molar-refractivity contribution in [3.8, 4) is 17.2 Å². The van der Waals surface area contributed by atoms with E-state index in [-0.39, 0.29) is 17.1 Å². The van der Waals surface area contributed by atoms with Crippen molar-refractivity contribution in [2.24, 2.45) is 0 Å². The minimum Gasteiger partial charge on any atom is -0.478 e. The van der Waals surface area contributed by atoms with Crippen molar-refractivity contribution in [3.63, 3.8) is 0 Å². The van der Waals surface area contributed by atoms with Crippen LogP contribution in [0.1, 0.15) is 11.1 Å². The summed E-state index contributed by atoms with van der Waals surface area (Å²) in [5.74, 6) is -1.06. The molecule has 0 spiro atoms. The summed E-state index contributed by atoms with van der Waals surface area (Å²) < 4.78 is 49.9. The summed E-state index contributed by atoms with van der Waals surface area (Å²) >= 11 is 5.88. The number of halogens is 4. The Bertz CT molecular complexity index is 906. The van der Waals surface area contributed by atoms with E-state index in [0.29, 0.717) is 10.8 Å². The van der Waals surface area contributed by atoms with E-state index in [1.807, 2.05) is 0 Å². The van der Waals surface area contributed by atoms with Gasteiger partial charge in [-0.3, -0.25) is 0 Å². The van der Waals surface area contributed by atoms with Crippen LogP contribution < -0.4 is 9.47 Å². The van der Waals surface area contributed by atoms with E-state index in [2.05, 4.69) is 0 Å². The molecule has 1 heterocycles. The molecule has 0 saturated heterocycles. The highest BCUT2D eigenvalue weighted by Crippen LogP contribution is 2.39. The molecule has 3 rings (SSSR count). The Balaban J connectivity index is 1.95. The number of carbonyl (C=O) groups is 1. The van der Waals surface area contributed by atoms with Gasteiger partial charge in [-0.1, -0.05) is 11.6 Å². The van der Waals surface area contributed by atoms with Crippen LogP contribution in [0.5, 0.6) is 17.2 Å². The molecule has 26 heavy (non-hydrogen) atoms. The Morgan fingerprint density at radius 1 is 1.23 bits per heavy atom. The highest BCUT2D eigenvalue weighted by atomic mass is 35.5. The maximum Gasteiger partial charge on any atom is 0.430 e. The van der Waals surface area contributed by atoms with Crippen LogP contribution >= 0.6 is 11.6 Å². The topological polar surface area (TPSA) is 55.8 Å². The average molecular weight is 385 g/mol. The molecule has 2 aromatic carbocycles. The van der Waals surface area contributed by atoms with Crippen LogP contribution in [0.15, 0.2) is 42.0 Å². The first-order valence-corrected chi connectivity index (χ1v) is 7.79. The minimum absolute atomic E-state index is 0.110. The lowest BCUT2D eigenvalue weighted by Crippen LogP contribution is -2.40. The van der Waals surface area contributed by atoms with E-state index >= 15 is 0 Å². The number of fused-ring (bicyclic) bond motifs is 1. The van der Waals surface area contributed by atoms with Gasteiger partial charge in [0.05, 0.1) is 5.57 Å². The van der Waals surface area contributed by atoms with Crippen LogP contribution in [-0.4, -0.2) is 23.4 Å². The largest absolute Gasteiger partial charge is 0.478 e. The van der Waals surface area contributed by atoms with Crippen LogP contribution in [0.25, 0.3) is 6.08 Å². The van der Waals surface area contributed by atoms with E-state index < -0.39 is 23.8 Å². The minimum atomic E-state index is -4.86. The SMILES string of the molecule is Cc1cc(Cl)ccc1Oc1ccc2c(c1)OC(C(F)(F)F)C(C(=O)O)=C2. The highest BCUT2D eigenvalue weighted by Gasteiger charge is 2.48. The number of aliphatic carboxylic acids is 1. The summed E-state index contributed by atoms with van der Waals surface area (Å²) in [6.07, 6.45) is -6.44. The number of aryl methyl sites for hydroxylation is 1. The van der Waals surface area contributed by atoms with Crippen LogP contribution in [0, 0.1) is 6.92 Å². The summed E-state index contributed by atoms with van der Waals surface area (Å²) in [6, 6.07) is 9.19. The molecule has 0 radical (unpaired) electrons. The van der Waals surface area contributed by atoms with Gasteiger partial charge in [-0.15, -0.1) is 0 Å². The van der Waals surface area contributed by atoms with Gasteiger partial charge in [-0.25, -0.2) is 4.79 Å². The molecule has 136 valence electrons. The molecule has 0 aromatic heterocycles. The van der Waals surface area contributed by atoms with Crippen molar-refractivity contribution in [1.82, 2.24) is 0 Å². The number of hydrogen-bond donors (Lipinski definition) is 1. The summed E-state index contributed by atoms with van der Waals surface area (Å²) in [6.45, 7) is 1.78. The fourth-order valence-electron chi connectivity index (χ4n) is 2.50. The quantitative estimate of drug-likeness (QED) is 0.787. The summed E-state index contributed by atoms with van der Waals surface area (Å²) in [5.41, 5.74) is 0.104. The molecule has 0 saturated carbocycles. The van der Waals surface area contributed by atoms with E-state index in [1.54, 1.807) is 25.1 Å². The summed E-state index contributed by atoms with van der Waals surface area (Å²) in [7, 11) is 0. The molecule has 1 unspecified atom stereocenters. The van der Waals surface area contributed by atoms with Gasteiger partial charge < -0.3 is 14.6 Å². The molecule has 1 aliphatic heterocycles. The molecule has 0 bridgehead atoms. The van der Waals surface area contributed by atoms with Gasteiger partial charge >= 0.3 is 12.1 Å². The van der Waals surface area contributed by atoms with Gasteiger partial charge in [0.15, 0.2) is 0 Å². The second-order valence-corrected chi connectivity index (χ2v) is 6.09. The number of rotatable bonds is 3. The van der Waals surface area contributed by atoms with Crippen LogP contribution in [0.3, 0.4) is 0 Å². The third-order valence-electron chi connectivity index (χ3n) is 3.73. The number of benzene rings is 2. The number of hydrogen-bond acceptors (Lipinski definition) is 3. The summed E-state index contributed by atoms with van der Waals surface area (Å²) in [4.78, 5) is 11.1. The molecular formula is C18H12ClF3O4. The molecule has 1 atom stereocenters. The zero-order valence-corrected chi connectivity index (χ0v) is 14.1. The van der Waals surface area contributed by atoms with Crippen LogP contribution in [0.4, 0.5) is 13.2 Å². The molecular weight excluding hydrogens is 373 g/mol. The first-order chi connectivity index (χ1) is 12.1. The zero-order chi connectivity index (χ0) is 19.1. The predicted octanol–water partition coefficient (Wildman–Crippen LogP) is 5.23. The Morgan fingerprint density at radius 2 is 1.96 bits per heavy atom. The molecule has 0 fully saturated rings. The van der Waals surface area contributed by atoms with Crippen molar-refractivity contribution in [2.45, 2.75) is 19.2 Å². The lowest BCUT2D eigenvalue weighted by Gasteiger charge is -2.27. The van der Waals surface area contributed by atoms with Crippen LogP contribution in [0.2, 0.25) is 5.02 Å². The molecule has 0 amide bonds. The van der Waals surface area contributed by atoms with E-state index in [0.717, 1.165) is 11.6 Å². The van der Waals surface area contributed by atoms with Gasteiger partial charge in [0, 0.05) is 16.7 Å². The van der Waals surface area contributed by atoms with E-state index in [4.69, 9.17) is 26.2 Å². The third-order valence-corrected chi connectivity index (χ3v) is 3.97. The van der Waals surface area contributed by atoms with Gasteiger partial charge in [0.1, 0.15) is 17.2 Å². The van der Waals surface area contributed by atoms with E-state index in [9.17, 15) is 18.0 Å². The van der Waals surface area contributed by atoms with Gasteiger partial charge in [-0.2, -0.15) is 13.2 Å². The highest BCUT2D eigenvalue weighted by molar-refractivity contribution is 6.30. The van der Waals surface area contributed by atoms with Crippen LogP contribution in [-0.2, 0) is 4.79 Å². The smallest absolute Gasteiger partial charge is 0.430 e. The normalized spacial score (nSPS) is 16.3. The van der Waals surface area contributed by atoms with Crippen molar-refractivity contribution >= 4 is 23.6 Å². The Morgan fingerprint density at radius 3 is 2.58 bits per heavy atom. The lowest BCUT2D eigenvalue weighted by atomic mass is 10.0. The molecule has 1 N–H and O–H groups in total. The maximum atomic E-state index is 13.1. The molecule has 8 heteroatoms. The number of alkyl halides is 3. The van der Waals surface area contributed by atoms with Crippen molar-refractivity contribution in [1.29, 1.82) is 0 Å². The maximum absolute atomic E-state index is 13.1. The lowest BCUT2D eigenvalue weighted by molar-refractivity contribution is -0.187. The van der Waals surface area contributed by atoms with Crippen molar-refractivity contribution in [2.75, 3.05) is 0 Å². The Hall–Kier alpha value is -2.67. The standard InChI is InChI=1S/C18H12ClF3O4/c1-9-6-11(19)3-5-14(9)25-12-4-2-10-7-13(17(23)24)16(18(20,21)22)26-15(10)8-12/h2-8,16H,1H3,(H,23,24). The van der Waals surface area contributed by atoms with Gasteiger partial charge in [-0.05, 0) is 48.9 Å². The summed E-state index contributed by atoms with van der Waals surface area (Å²) in [5, 5.41) is 9.55. The number of carboxylic acids is 1. The monoisotopic (exact) mass is 384 g/mol. The third kappa shape index (κ3) is 3.62. The number of ether oxygens (including phenoxy) is 2. The molecule has 0 aliphatic carbocycles. The Kier molecular flexibility index (Phi) is 4.58. The van der Waals surface area contributed by atoms with E-state index in [1.165, 1.54) is 18.2 Å². The average Bonchev–Trinajstić information content (AvgIpc) is 2.55. The fourth-order valence-corrected chi connectivity index (χ4v) is 2.73.